The lowest BCUT2D eigenvalue weighted by atomic mass is 10.3. The van der Waals surface area contributed by atoms with Crippen LogP contribution in [0.25, 0.3) is 0 Å². The van der Waals surface area contributed by atoms with Crippen molar-refractivity contribution in [2.24, 2.45) is 11.6 Å². The molecule has 5 nitrogen and oxygen atoms in total. The zero-order chi connectivity index (χ0) is 10.4. The molecule has 0 heterocycles. The highest BCUT2D eigenvalue weighted by Crippen LogP contribution is 2.04. The molecule has 0 bridgehead atoms. The lowest BCUT2D eigenvalue weighted by Crippen LogP contribution is -2.33. The third-order valence-electron chi connectivity index (χ3n) is 1.12. The van der Waals surface area contributed by atoms with Crippen LogP contribution in [0.3, 0.4) is 0 Å². The van der Waals surface area contributed by atoms with E-state index in [1.807, 2.05) is 0 Å². The SMILES string of the molecule is C=C/C=C(/N)C(=C)N(N)OC(C)=O. The first-order valence-electron chi connectivity index (χ1n) is 3.50. The molecule has 0 fully saturated rings. The normalized spacial score (nSPS) is 10.5. The van der Waals surface area contributed by atoms with E-state index in [1.165, 1.54) is 19.1 Å². The van der Waals surface area contributed by atoms with Gasteiger partial charge in [0, 0.05) is 6.92 Å². The monoisotopic (exact) mass is 183 g/mol. The minimum absolute atomic E-state index is 0.190. The molecule has 0 saturated heterocycles. The van der Waals surface area contributed by atoms with Gasteiger partial charge in [-0.25, -0.2) is 10.6 Å². The topological polar surface area (TPSA) is 81.6 Å². The zero-order valence-electron chi connectivity index (χ0n) is 7.49. The summed E-state index contributed by atoms with van der Waals surface area (Å²) < 4.78 is 0. The summed E-state index contributed by atoms with van der Waals surface area (Å²) in [5.74, 6) is 4.74. The van der Waals surface area contributed by atoms with Crippen LogP contribution in [-0.2, 0) is 9.63 Å². The van der Waals surface area contributed by atoms with Gasteiger partial charge < -0.3 is 10.6 Å². The van der Waals surface area contributed by atoms with Crippen LogP contribution in [0.1, 0.15) is 6.92 Å². The number of carbonyl (C=O) groups excluding carboxylic acids is 1. The predicted octanol–water partition coefficient (Wildman–Crippen LogP) is 0.182. The molecule has 0 radical (unpaired) electrons. The molecule has 0 aromatic rings. The standard InChI is InChI=1S/C8H13N3O2/c1-4-5-8(9)6(2)11(10)13-7(3)12/h4-5H,1-2,9-10H2,3H3/b8-5+. The molecule has 0 spiro atoms. The number of hydrazine groups is 1. The second-order valence-electron chi connectivity index (χ2n) is 2.21. The van der Waals surface area contributed by atoms with Crippen molar-refractivity contribution in [3.05, 3.63) is 36.7 Å². The third-order valence-corrected chi connectivity index (χ3v) is 1.12. The predicted molar refractivity (Wildman–Crippen MR) is 49.4 cm³/mol. The molecule has 5 heteroatoms. The van der Waals surface area contributed by atoms with Crippen molar-refractivity contribution in [3.8, 4) is 0 Å². The molecule has 0 unspecified atom stereocenters. The molecule has 0 atom stereocenters. The summed E-state index contributed by atoms with van der Waals surface area (Å²) in [6.45, 7) is 8.17. The summed E-state index contributed by atoms with van der Waals surface area (Å²) >= 11 is 0. The number of nitrogens with zero attached hydrogens (tertiary/aromatic N) is 1. The Morgan fingerprint density at radius 2 is 2.15 bits per heavy atom. The molecule has 0 aliphatic rings. The Morgan fingerprint density at radius 1 is 1.62 bits per heavy atom. The van der Waals surface area contributed by atoms with Crippen LogP contribution in [0, 0.1) is 0 Å². The van der Waals surface area contributed by atoms with Crippen molar-refractivity contribution in [2.45, 2.75) is 6.92 Å². The van der Waals surface area contributed by atoms with Crippen molar-refractivity contribution in [1.29, 1.82) is 0 Å². The fourth-order valence-corrected chi connectivity index (χ4v) is 0.544. The van der Waals surface area contributed by atoms with E-state index in [0.29, 0.717) is 5.17 Å². The lowest BCUT2D eigenvalue weighted by molar-refractivity contribution is -0.178. The van der Waals surface area contributed by atoms with Crippen molar-refractivity contribution < 1.29 is 9.63 Å². The minimum Gasteiger partial charge on any atom is -0.397 e. The molecule has 72 valence electrons. The highest BCUT2D eigenvalue weighted by Gasteiger charge is 2.07. The highest BCUT2D eigenvalue weighted by molar-refractivity contribution is 5.65. The number of allylic oxidation sites excluding steroid dienone is 2. The number of hydrogen-bond acceptors (Lipinski definition) is 5. The van der Waals surface area contributed by atoms with Gasteiger partial charge in [-0.05, 0) is 6.08 Å². The van der Waals surface area contributed by atoms with Gasteiger partial charge in [-0.15, -0.1) is 5.17 Å². The second-order valence-corrected chi connectivity index (χ2v) is 2.21. The van der Waals surface area contributed by atoms with Crippen molar-refractivity contribution in [3.63, 3.8) is 0 Å². The maximum atomic E-state index is 10.5. The summed E-state index contributed by atoms with van der Waals surface area (Å²) in [5, 5.41) is 0.706. The largest absolute Gasteiger partial charge is 0.397 e. The van der Waals surface area contributed by atoms with Gasteiger partial charge in [0.25, 0.3) is 0 Å². The molecule has 0 rings (SSSR count). The summed E-state index contributed by atoms with van der Waals surface area (Å²) in [7, 11) is 0. The maximum absolute atomic E-state index is 10.5. The van der Waals surface area contributed by atoms with Gasteiger partial charge in [0.15, 0.2) is 0 Å². The van der Waals surface area contributed by atoms with Gasteiger partial charge in [0.1, 0.15) is 5.70 Å². The molecule has 0 aromatic carbocycles. The van der Waals surface area contributed by atoms with Gasteiger partial charge >= 0.3 is 5.97 Å². The fraction of sp³-hybridized carbons (Fsp3) is 0.125. The quantitative estimate of drug-likeness (QED) is 0.369. The zero-order valence-corrected chi connectivity index (χ0v) is 7.49. The first-order valence-corrected chi connectivity index (χ1v) is 3.50. The van der Waals surface area contributed by atoms with Crippen LogP contribution in [0.2, 0.25) is 0 Å². The van der Waals surface area contributed by atoms with Crippen LogP contribution in [0.15, 0.2) is 36.7 Å². The Bertz CT molecular complexity index is 258. The van der Waals surface area contributed by atoms with E-state index in [9.17, 15) is 4.79 Å². The van der Waals surface area contributed by atoms with E-state index in [4.69, 9.17) is 11.6 Å². The van der Waals surface area contributed by atoms with Gasteiger partial charge in [-0.1, -0.05) is 19.2 Å². The number of carbonyl (C=O) groups is 1. The Labute approximate surface area is 76.9 Å². The van der Waals surface area contributed by atoms with Crippen LogP contribution >= 0.6 is 0 Å². The summed E-state index contributed by atoms with van der Waals surface area (Å²) in [5.41, 5.74) is 5.95. The van der Waals surface area contributed by atoms with Gasteiger partial charge in [0.05, 0.1) is 5.70 Å². The molecule has 0 aliphatic carbocycles. The number of hydrogen-bond donors (Lipinski definition) is 2. The van der Waals surface area contributed by atoms with Crippen LogP contribution in [0.5, 0.6) is 0 Å². The van der Waals surface area contributed by atoms with E-state index in [2.05, 4.69) is 18.0 Å². The first-order chi connectivity index (χ1) is 5.99. The number of nitrogens with two attached hydrogens (primary N) is 2. The molecule has 13 heavy (non-hydrogen) atoms. The molecule has 4 N–H and O–H groups in total. The van der Waals surface area contributed by atoms with Crippen molar-refractivity contribution >= 4 is 5.97 Å². The van der Waals surface area contributed by atoms with Crippen LogP contribution < -0.4 is 11.6 Å². The van der Waals surface area contributed by atoms with Crippen molar-refractivity contribution in [1.82, 2.24) is 5.17 Å². The van der Waals surface area contributed by atoms with Crippen LogP contribution in [-0.4, -0.2) is 11.1 Å². The summed E-state index contributed by atoms with van der Waals surface area (Å²) in [6.07, 6.45) is 2.97. The molecular weight excluding hydrogens is 170 g/mol. The Kier molecular flexibility index (Phi) is 4.32. The Morgan fingerprint density at radius 3 is 2.54 bits per heavy atom. The average Bonchev–Trinajstić information content (AvgIpc) is 2.02. The lowest BCUT2D eigenvalue weighted by Gasteiger charge is -2.18. The minimum atomic E-state index is -0.546. The smallest absolute Gasteiger partial charge is 0.331 e. The molecule has 0 saturated carbocycles. The fourth-order valence-electron chi connectivity index (χ4n) is 0.544. The van der Waals surface area contributed by atoms with Gasteiger partial charge in [0.2, 0.25) is 0 Å². The van der Waals surface area contributed by atoms with E-state index < -0.39 is 5.97 Å². The summed E-state index contributed by atoms with van der Waals surface area (Å²) in [4.78, 5) is 15.0. The Hall–Kier alpha value is -1.75. The number of hydroxylamine groups is 1. The highest BCUT2D eigenvalue weighted by atomic mass is 16.7. The molecule has 0 amide bonds. The van der Waals surface area contributed by atoms with Crippen molar-refractivity contribution in [2.75, 3.05) is 0 Å². The van der Waals surface area contributed by atoms with Gasteiger partial charge in [-0.3, -0.25) is 0 Å². The third kappa shape index (κ3) is 3.97. The second kappa shape index (κ2) is 5.00. The molecule has 0 aliphatic heterocycles. The van der Waals surface area contributed by atoms with E-state index in [0.717, 1.165) is 0 Å². The number of rotatable bonds is 4. The Balaban J connectivity index is 4.33. The summed E-state index contributed by atoms with van der Waals surface area (Å²) in [6, 6.07) is 0. The molecule has 0 aromatic heterocycles. The molecular formula is C8H13N3O2. The van der Waals surface area contributed by atoms with E-state index in [-0.39, 0.29) is 11.4 Å². The average molecular weight is 183 g/mol. The van der Waals surface area contributed by atoms with E-state index >= 15 is 0 Å². The maximum Gasteiger partial charge on any atom is 0.331 e. The van der Waals surface area contributed by atoms with E-state index in [1.54, 1.807) is 0 Å². The van der Waals surface area contributed by atoms with Gasteiger partial charge in [-0.2, -0.15) is 0 Å². The first kappa shape index (κ1) is 11.2. The van der Waals surface area contributed by atoms with Crippen LogP contribution in [0.4, 0.5) is 0 Å².